The predicted molar refractivity (Wildman–Crippen MR) is 105 cm³/mol. The van der Waals surface area contributed by atoms with Gasteiger partial charge in [-0.2, -0.15) is 0 Å². The highest BCUT2D eigenvalue weighted by molar-refractivity contribution is 5.69. The molecule has 3 heterocycles. The molecule has 3 saturated heterocycles. The maximum absolute atomic E-state index is 11.5. The molecule has 1 aromatic carbocycles. The Kier molecular flexibility index (Phi) is 6.04. The molecule has 1 aromatic rings. The van der Waals surface area contributed by atoms with Crippen molar-refractivity contribution < 1.29 is 23.7 Å². The van der Waals surface area contributed by atoms with E-state index in [1.165, 1.54) is 24.7 Å². The second-order valence-electron chi connectivity index (χ2n) is 8.66. The molecule has 28 heavy (non-hydrogen) atoms. The summed E-state index contributed by atoms with van der Waals surface area (Å²) in [5.74, 6) is -0.117. The Hall–Kier alpha value is -1.43. The third-order valence-electron chi connectivity index (χ3n) is 6.91. The molecule has 0 aromatic heterocycles. The molecule has 5 rings (SSSR count). The van der Waals surface area contributed by atoms with Crippen LogP contribution >= 0.6 is 0 Å². The minimum Gasteiger partial charge on any atom is -0.469 e. The van der Waals surface area contributed by atoms with Crippen molar-refractivity contribution in [3.05, 3.63) is 35.4 Å². The average Bonchev–Trinajstić information content (AvgIpc) is 2.78. The van der Waals surface area contributed by atoms with Crippen molar-refractivity contribution in [2.75, 3.05) is 20.3 Å². The van der Waals surface area contributed by atoms with Crippen LogP contribution in [0.5, 0.6) is 0 Å². The molecule has 5 heteroatoms. The van der Waals surface area contributed by atoms with E-state index in [0.717, 1.165) is 58.2 Å². The van der Waals surface area contributed by atoms with Gasteiger partial charge >= 0.3 is 5.97 Å². The zero-order valence-electron chi connectivity index (χ0n) is 16.9. The fraction of sp³-hybridized carbons (Fsp3) is 0.696. The van der Waals surface area contributed by atoms with E-state index in [0.29, 0.717) is 13.0 Å². The summed E-state index contributed by atoms with van der Waals surface area (Å²) in [5, 5.41) is 0. The molecule has 5 nitrogen and oxygen atoms in total. The number of hydrogen-bond acceptors (Lipinski definition) is 5. The Balaban J connectivity index is 1.32. The SMILES string of the molecule is COC(=O)CCC12CCC(c3ccc(COC4CCCCO4)cc3)(CC1)OC2. The second-order valence-corrected chi connectivity index (χ2v) is 8.66. The number of fused-ring (bicyclic) bond motifs is 3. The smallest absolute Gasteiger partial charge is 0.305 e. The van der Waals surface area contributed by atoms with Crippen molar-refractivity contribution in [2.45, 2.75) is 76.3 Å². The monoisotopic (exact) mass is 388 g/mol. The molecule has 0 N–H and O–H groups in total. The first-order valence-corrected chi connectivity index (χ1v) is 10.7. The first kappa shape index (κ1) is 19.9. The molecular weight excluding hydrogens is 356 g/mol. The van der Waals surface area contributed by atoms with Gasteiger partial charge in [0.15, 0.2) is 6.29 Å². The van der Waals surface area contributed by atoms with Crippen LogP contribution in [0.25, 0.3) is 0 Å². The van der Waals surface area contributed by atoms with Crippen LogP contribution in [0.1, 0.15) is 68.9 Å². The lowest BCUT2D eigenvalue weighted by Gasteiger charge is -2.53. The molecule has 1 aliphatic carbocycles. The van der Waals surface area contributed by atoms with Gasteiger partial charge in [0.1, 0.15) is 0 Å². The van der Waals surface area contributed by atoms with Crippen molar-refractivity contribution in [2.24, 2.45) is 5.41 Å². The zero-order chi connectivity index (χ0) is 19.5. The minimum absolute atomic E-state index is 0.0508. The Morgan fingerprint density at radius 1 is 1.14 bits per heavy atom. The van der Waals surface area contributed by atoms with Gasteiger partial charge in [-0.25, -0.2) is 0 Å². The summed E-state index contributed by atoms with van der Waals surface area (Å²) >= 11 is 0. The van der Waals surface area contributed by atoms with Gasteiger partial charge in [-0.3, -0.25) is 4.79 Å². The molecule has 2 bridgehead atoms. The summed E-state index contributed by atoms with van der Waals surface area (Å²) in [7, 11) is 1.46. The zero-order valence-corrected chi connectivity index (χ0v) is 16.9. The molecule has 154 valence electrons. The maximum Gasteiger partial charge on any atom is 0.305 e. The van der Waals surface area contributed by atoms with E-state index in [4.69, 9.17) is 18.9 Å². The summed E-state index contributed by atoms with van der Waals surface area (Å²) in [6, 6.07) is 8.72. The van der Waals surface area contributed by atoms with Gasteiger partial charge < -0.3 is 18.9 Å². The average molecular weight is 389 g/mol. The summed E-state index contributed by atoms with van der Waals surface area (Å²) in [6.45, 7) is 2.15. The Bertz CT molecular complexity index is 638. The quantitative estimate of drug-likeness (QED) is 0.645. The van der Waals surface area contributed by atoms with Gasteiger partial charge in [0, 0.05) is 13.0 Å². The fourth-order valence-corrected chi connectivity index (χ4v) is 4.86. The Labute approximate surface area is 167 Å². The Morgan fingerprint density at radius 2 is 1.93 bits per heavy atom. The van der Waals surface area contributed by atoms with E-state index in [-0.39, 0.29) is 23.3 Å². The molecule has 0 spiro atoms. The molecule has 3 aliphatic heterocycles. The highest BCUT2D eigenvalue weighted by atomic mass is 16.7. The molecule has 4 aliphatic rings. The largest absolute Gasteiger partial charge is 0.469 e. The standard InChI is InChI=1S/C23H32O5/c1-25-20(24)9-10-22-11-13-23(14-12-22,28-17-22)19-7-5-18(6-8-19)16-27-21-4-2-3-15-26-21/h5-8,21H,2-4,9-17H2,1H3. The van der Waals surface area contributed by atoms with Crippen LogP contribution < -0.4 is 0 Å². The lowest BCUT2D eigenvalue weighted by atomic mass is 9.62. The first-order chi connectivity index (χ1) is 13.6. The van der Waals surface area contributed by atoms with Crippen LogP contribution in [-0.2, 0) is 35.9 Å². The highest BCUT2D eigenvalue weighted by Crippen LogP contribution is 2.55. The number of carbonyl (C=O) groups excluding carboxylic acids is 1. The van der Waals surface area contributed by atoms with Gasteiger partial charge in [0.05, 0.1) is 25.9 Å². The number of hydrogen-bond donors (Lipinski definition) is 0. The molecule has 1 saturated carbocycles. The van der Waals surface area contributed by atoms with Gasteiger partial charge in [-0.15, -0.1) is 0 Å². The summed E-state index contributed by atoms with van der Waals surface area (Å²) in [4.78, 5) is 11.5. The topological polar surface area (TPSA) is 54.0 Å². The predicted octanol–water partition coefficient (Wildman–Crippen LogP) is 4.47. The van der Waals surface area contributed by atoms with Crippen LogP contribution in [-0.4, -0.2) is 32.6 Å². The summed E-state index contributed by atoms with van der Waals surface area (Å²) in [5.41, 5.74) is 2.45. The third kappa shape index (κ3) is 4.27. The van der Waals surface area contributed by atoms with Gasteiger partial charge in [0.25, 0.3) is 0 Å². The minimum atomic E-state index is -0.154. The number of methoxy groups -OCH3 is 1. The Morgan fingerprint density at radius 3 is 2.54 bits per heavy atom. The van der Waals surface area contributed by atoms with Crippen LogP contribution in [0.2, 0.25) is 0 Å². The molecule has 4 fully saturated rings. The summed E-state index contributed by atoms with van der Waals surface area (Å²) < 4.78 is 22.7. The number of benzene rings is 1. The number of esters is 1. The number of carbonyl (C=O) groups is 1. The van der Waals surface area contributed by atoms with Gasteiger partial charge in [-0.05, 0) is 67.9 Å². The van der Waals surface area contributed by atoms with Crippen LogP contribution in [0.3, 0.4) is 0 Å². The van der Waals surface area contributed by atoms with Crippen molar-refractivity contribution in [1.29, 1.82) is 0 Å². The highest BCUT2D eigenvalue weighted by Gasteiger charge is 2.50. The van der Waals surface area contributed by atoms with Crippen molar-refractivity contribution in [1.82, 2.24) is 0 Å². The van der Waals surface area contributed by atoms with Crippen molar-refractivity contribution in [3.63, 3.8) is 0 Å². The second kappa shape index (κ2) is 8.52. The van der Waals surface area contributed by atoms with Crippen molar-refractivity contribution in [3.8, 4) is 0 Å². The van der Waals surface area contributed by atoms with E-state index < -0.39 is 0 Å². The molecule has 1 unspecified atom stereocenters. The van der Waals surface area contributed by atoms with Crippen LogP contribution in [0.4, 0.5) is 0 Å². The van der Waals surface area contributed by atoms with E-state index in [1.807, 2.05) is 0 Å². The first-order valence-electron chi connectivity index (χ1n) is 10.7. The molecule has 1 atom stereocenters. The van der Waals surface area contributed by atoms with Gasteiger partial charge in [0.2, 0.25) is 0 Å². The lowest BCUT2D eigenvalue weighted by Crippen LogP contribution is -2.49. The third-order valence-corrected chi connectivity index (χ3v) is 6.91. The van der Waals surface area contributed by atoms with Crippen molar-refractivity contribution >= 4 is 5.97 Å². The van der Waals surface area contributed by atoms with E-state index in [9.17, 15) is 4.79 Å². The normalized spacial score (nSPS) is 32.2. The summed E-state index contributed by atoms with van der Waals surface area (Å²) in [6.07, 6.45) is 8.92. The molecule has 0 radical (unpaired) electrons. The lowest BCUT2D eigenvalue weighted by molar-refractivity contribution is -0.192. The van der Waals surface area contributed by atoms with Crippen LogP contribution in [0.15, 0.2) is 24.3 Å². The number of ether oxygens (including phenoxy) is 4. The molecular formula is C23H32O5. The molecule has 0 amide bonds. The van der Waals surface area contributed by atoms with E-state index in [1.54, 1.807) is 0 Å². The van der Waals surface area contributed by atoms with Gasteiger partial charge in [-0.1, -0.05) is 24.3 Å². The van der Waals surface area contributed by atoms with Crippen LogP contribution in [0, 0.1) is 5.41 Å². The number of rotatable bonds is 7. The van der Waals surface area contributed by atoms with E-state index in [2.05, 4.69) is 24.3 Å². The maximum atomic E-state index is 11.5. The van der Waals surface area contributed by atoms with E-state index >= 15 is 0 Å². The fourth-order valence-electron chi connectivity index (χ4n) is 4.86.